The summed E-state index contributed by atoms with van der Waals surface area (Å²) in [6.45, 7) is 2.80. The van der Waals surface area contributed by atoms with Crippen molar-refractivity contribution in [2.75, 3.05) is 18.5 Å². The quantitative estimate of drug-likeness (QED) is 0.615. The van der Waals surface area contributed by atoms with Crippen LogP contribution in [0.25, 0.3) is 11.0 Å². The van der Waals surface area contributed by atoms with Crippen molar-refractivity contribution in [2.24, 2.45) is 0 Å². The summed E-state index contributed by atoms with van der Waals surface area (Å²) in [5.74, 6) is 0.634. The lowest BCUT2D eigenvalue weighted by Gasteiger charge is -2.07. The van der Waals surface area contributed by atoms with Crippen molar-refractivity contribution >= 4 is 28.4 Å². The van der Waals surface area contributed by atoms with Gasteiger partial charge in [-0.05, 0) is 24.1 Å². The minimum absolute atomic E-state index is 0.0103. The number of aromatic nitrogens is 3. The zero-order valence-electron chi connectivity index (χ0n) is 14.8. The molecule has 1 aromatic carbocycles. The third-order valence-electron chi connectivity index (χ3n) is 4.41. The molecule has 1 amide bonds. The molecule has 8 heteroatoms. The summed E-state index contributed by atoms with van der Waals surface area (Å²) in [7, 11) is 0. The third-order valence-corrected chi connectivity index (χ3v) is 4.41. The Bertz CT molecular complexity index is 1030. The van der Waals surface area contributed by atoms with Crippen LogP contribution in [0, 0.1) is 0 Å². The van der Waals surface area contributed by atoms with E-state index in [2.05, 4.69) is 31.7 Å². The lowest BCUT2D eigenvalue weighted by molar-refractivity contribution is -0.115. The van der Waals surface area contributed by atoms with Gasteiger partial charge in [-0.15, -0.1) is 0 Å². The van der Waals surface area contributed by atoms with Gasteiger partial charge in [0.1, 0.15) is 23.4 Å². The summed E-state index contributed by atoms with van der Waals surface area (Å²) in [6.07, 6.45) is 3.92. The number of nitrogens with one attached hydrogen (secondary N) is 3. The summed E-state index contributed by atoms with van der Waals surface area (Å²) >= 11 is 0. The normalized spacial score (nSPS) is 12.5. The van der Waals surface area contributed by atoms with Crippen LogP contribution in [-0.2, 0) is 17.8 Å². The molecule has 4 rings (SSSR count). The molecule has 1 aliphatic rings. The highest BCUT2D eigenvalue weighted by Gasteiger charge is 2.17. The minimum Gasteiger partial charge on any atom is -0.493 e. The van der Waals surface area contributed by atoms with Crippen LogP contribution < -0.4 is 15.4 Å². The molecule has 3 heterocycles. The van der Waals surface area contributed by atoms with E-state index in [0.717, 1.165) is 23.3 Å². The van der Waals surface area contributed by atoms with Crippen LogP contribution >= 0.6 is 0 Å². The first-order valence-corrected chi connectivity index (χ1v) is 8.70. The fraction of sp³-hybridized carbons (Fsp3) is 0.263. The van der Waals surface area contributed by atoms with Crippen molar-refractivity contribution in [3.05, 3.63) is 47.5 Å². The number of aromatic amines is 1. The van der Waals surface area contributed by atoms with Gasteiger partial charge in [-0.2, -0.15) is 0 Å². The van der Waals surface area contributed by atoms with E-state index >= 15 is 0 Å². The van der Waals surface area contributed by atoms with Crippen LogP contribution in [0.5, 0.6) is 5.75 Å². The second-order valence-corrected chi connectivity index (χ2v) is 6.43. The smallest absolute Gasteiger partial charge is 0.272 e. The number of ether oxygens (including phenoxy) is 1. The Morgan fingerprint density at radius 2 is 2.19 bits per heavy atom. The highest BCUT2D eigenvalue weighted by molar-refractivity contribution is 6.05. The van der Waals surface area contributed by atoms with E-state index in [0.29, 0.717) is 29.9 Å². The molecule has 0 spiro atoms. The second kappa shape index (κ2) is 7.06. The van der Waals surface area contributed by atoms with Gasteiger partial charge in [0.25, 0.3) is 5.91 Å². The van der Waals surface area contributed by atoms with Crippen molar-refractivity contribution in [3.63, 3.8) is 0 Å². The highest BCUT2D eigenvalue weighted by Crippen LogP contribution is 2.26. The number of nitrogens with zero attached hydrogens (tertiary/aromatic N) is 2. The Kier molecular flexibility index (Phi) is 4.45. The zero-order chi connectivity index (χ0) is 18.8. The molecule has 138 valence electrons. The number of carbonyl (C=O) groups excluding carboxylic acids is 2. The molecule has 0 saturated carbocycles. The molecular formula is C19H19N5O3. The lowest BCUT2D eigenvalue weighted by Crippen LogP contribution is -2.24. The van der Waals surface area contributed by atoms with Crippen molar-refractivity contribution < 1.29 is 14.3 Å². The molecule has 0 fully saturated rings. The maximum absolute atomic E-state index is 12.6. The Morgan fingerprint density at radius 1 is 1.30 bits per heavy atom. The highest BCUT2D eigenvalue weighted by atomic mass is 16.5. The number of benzene rings is 1. The molecule has 0 saturated heterocycles. The van der Waals surface area contributed by atoms with Crippen LogP contribution in [0.1, 0.15) is 28.5 Å². The van der Waals surface area contributed by atoms with Gasteiger partial charge in [0.2, 0.25) is 0 Å². The second-order valence-electron chi connectivity index (χ2n) is 6.43. The van der Waals surface area contributed by atoms with Crippen LogP contribution in [0.3, 0.4) is 0 Å². The topological polar surface area (TPSA) is 109 Å². The van der Waals surface area contributed by atoms with Gasteiger partial charge in [-0.3, -0.25) is 9.59 Å². The average molecular weight is 365 g/mol. The molecule has 8 nitrogen and oxygen atoms in total. The molecule has 3 aromatic rings. The van der Waals surface area contributed by atoms with Gasteiger partial charge < -0.3 is 20.4 Å². The number of carbonyl (C=O) groups is 2. The SMILES string of the molecule is CC(=O)CNc1c[nH]c2c(C(=O)NCc3ccc4c(c3)CCO4)ncnc12. The van der Waals surface area contributed by atoms with Crippen molar-refractivity contribution in [2.45, 2.75) is 19.9 Å². The van der Waals surface area contributed by atoms with Crippen molar-refractivity contribution in [1.82, 2.24) is 20.3 Å². The number of hydrogen-bond donors (Lipinski definition) is 3. The molecule has 0 atom stereocenters. The largest absolute Gasteiger partial charge is 0.493 e. The number of amides is 1. The number of anilines is 1. The Balaban J connectivity index is 1.50. The first kappa shape index (κ1) is 17.0. The molecule has 0 radical (unpaired) electrons. The van der Waals surface area contributed by atoms with Gasteiger partial charge in [-0.1, -0.05) is 12.1 Å². The van der Waals surface area contributed by atoms with Gasteiger partial charge in [-0.25, -0.2) is 9.97 Å². The first-order chi connectivity index (χ1) is 13.1. The third kappa shape index (κ3) is 3.46. The zero-order valence-corrected chi connectivity index (χ0v) is 14.8. The van der Waals surface area contributed by atoms with Crippen molar-refractivity contribution in [1.29, 1.82) is 0 Å². The molecule has 0 unspecified atom stereocenters. The standard InChI is InChI=1S/C19H19N5O3/c1-11(25)7-20-14-9-21-17-16(14)23-10-24-18(17)19(26)22-8-12-2-3-15-13(6-12)4-5-27-15/h2-3,6,9-10,20-21H,4-5,7-8H2,1H3,(H,22,26). The molecule has 3 N–H and O–H groups in total. The number of ketones is 1. The molecule has 1 aliphatic heterocycles. The van der Waals surface area contributed by atoms with E-state index in [1.54, 1.807) is 6.20 Å². The van der Waals surface area contributed by atoms with E-state index in [1.807, 2.05) is 12.1 Å². The predicted molar refractivity (Wildman–Crippen MR) is 99.9 cm³/mol. The minimum atomic E-state index is -0.292. The monoisotopic (exact) mass is 365 g/mol. The number of H-pyrrole nitrogens is 1. The summed E-state index contributed by atoms with van der Waals surface area (Å²) in [6, 6.07) is 5.93. The summed E-state index contributed by atoms with van der Waals surface area (Å²) in [5, 5.41) is 5.89. The Hall–Kier alpha value is -3.42. The van der Waals surface area contributed by atoms with Crippen LogP contribution in [0.15, 0.2) is 30.7 Å². The summed E-state index contributed by atoms with van der Waals surface area (Å²) in [5.41, 5.74) is 4.20. The number of Topliss-reactive ketones (excluding diaryl/α,β-unsaturated/α-hetero) is 1. The van der Waals surface area contributed by atoms with Gasteiger partial charge in [0.05, 0.1) is 24.4 Å². The lowest BCUT2D eigenvalue weighted by atomic mass is 10.1. The number of hydrogen-bond acceptors (Lipinski definition) is 6. The molecular weight excluding hydrogens is 346 g/mol. The van der Waals surface area contributed by atoms with Crippen LogP contribution in [-0.4, -0.2) is 39.8 Å². The van der Waals surface area contributed by atoms with Crippen LogP contribution in [0.4, 0.5) is 5.69 Å². The van der Waals surface area contributed by atoms with Gasteiger partial charge >= 0.3 is 0 Å². The van der Waals surface area contributed by atoms with E-state index in [1.165, 1.54) is 13.3 Å². The maximum Gasteiger partial charge on any atom is 0.272 e. The number of fused-ring (bicyclic) bond motifs is 2. The van der Waals surface area contributed by atoms with E-state index in [4.69, 9.17) is 4.74 Å². The molecule has 0 aliphatic carbocycles. The molecule has 0 bridgehead atoms. The molecule has 27 heavy (non-hydrogen) atoms. The van der Waals surface area contributed by atoms with E-state index < -0.39 is 0 Å². The van der Waals surface area contributed by atoms with Gasteiger partial charge in [0.15, 0.2) is 5.69 Å². The maximum atomic E-state index is 12.6. The Labute approximate surface area is 155 Å². The summed E-state index contributed by atoms with van der Waals surface area (Å²) in [4.78, 5) is 35.1. The fourth-order valence-electron chi connectivity index (χ4n) is 3.08. The average Bonchev–Trinajstić information content (AvgIpc) is 3.30. The fourth-order valence-corrected chi connectivity index (χ4v) is 3.08. The summed E-state index contributed by atoms with van der Waals surface area (Å²) < 4.78 is 5.50. The van der Waals surface area contributed by atoms with Gasteiger partial charge in [0, 0.05) is 19.2 Å². The first-order valence-electron chi connectivity index (χ1n) is 8.70. The Morgan fingerprint density at radius 3 is 3.04 bits per heavy atom. The van der Waals surface area contributed by atoms with Crippen molar-refractivity contribution in [3.8, 4) is 5.75 Å². The van der Waals surface area contributed by atoms with E-state index in [9.17, 15) is 9.59 Å². The van der Waals surface area contributed by atoms with Crippen LogP contribution in [0.2, 0.25) is 0 Å². The number of rotatable bonds is 6. The van der Waals surface area contributed by atoms with E-state index in [-0.39, 0.29) is 23.9 Å². The predicted octanol–water partition coefficient (Wildman–Crippen LogP) is 1.82. The molecule has 2 aromatic heterocycles.